The standard InChI is InChI=1S/C16H20N4O3/c21-14-7-11(15(22)23)16(19-14)3-5-20(6-4-16)13-8-12(10-1-2-10)17-9-18-13/h8-11H,1-7H2,(H,19,21)(H,22,23)/t11-/m1/s1. The van der Waals surface area contributed by atoms with E-state index in [0.29, 0.717) is 31.8 Å². The number of carbonyl (C=O) groups excluding carboxylic acids is 1. The highest BCUT2D eigenvalue weighted by Crippen LogP contribution is 2.41. The topological polar surface area (TPSA) is 95.4 Å². The minimum absolute atomic E-state index is 0.0919. The third-order valence-corrected chi connectivity index (χ3v) is 5.39. The number of anilines is 1. The van der Waals surface area contributed by atoms with Gasteiger partial charge in [-0.25, -0.2) is 9.97 Å². The Morgan fingerprint density at radius 2 is 2.04 bits per heavy atom. The molecule has 1 aromatic heterocycles. The molecular formula is C16H20N4O3. The predicted molar refractivity (Wildman–Crippen MR) is 82.1 cm³/mol. The minimum Gasteiger partial charge on any atom is -0.481 e. The van der Waals surface area contributed by atoms with Crippen LogP contribution in [0.1, 0.15) is 43.7 Å². The molecular weight excluding hydrogens is 296 g/mol. The van der Waals surface area contributed by atoms with E-state index in [-0.39, 0.29) is 12.3 Å². The Labute approximate surface area is 134 Å². The number of amides is 1. The number of nitrogens with zero attached hydrogens (tertiary/aromatic N) is 3. The van der Waals surface area contributed by atoms with Crippen molar-refractivity contribution < 1.29 is 14.7 Å². The zero-order valence-corrected chi connectivity index (χ0v) is 12.9. The van der Waals surface area contributed by atoms with Crippen molar-refractivity contribution in [1.82, 2.24) is 15.3 Å². The first-order chi connectivity index (χ1) is 11.1. The maximum atomic E-state index is 11.7. The molecule has 0 aromatic carbocycles. The largest absolute Gasteiger partial charge is 0.481 e. The first-order valence-corrected chi connectivity index (χ1v) is 8.18. The molecule has 1 aliphatic carbocycles. The first kappa shape index (κ1) is 14.4. The molecule has 1 aromatic rings. The molecule has 1 spiro atoms. The normalized spacial score (nSPS) is 26.3. The van der Waals surface area contributed by atoms with E-state index in [1.165, 1.54) is 12.8 Å². The number of hydrogen-bond acceptors (Lipinski definition) is 5. The van der Waals surface area contributed by atoms with E-state index in [0.717, 1.165) is 11.5 Å². The summed E-state index contributed by atoms with van der Waals surface area (Å²) in [6, 6.07) is 2.05. The van der Waals surface area contributed by atoms with Crippen LogP contribution >= 0.6 is 0 Å². The molecule has 23 heavy (non-hydrogen) atoms. The predicted octanol–water partition coefficient (Wildman–Crippen LogP) is 0.914. The molecule has 2 aliphatic heterocycles. The van der Waals surface area contributed by atoms with Crippen LogP contribution in [0.3, 0.4) is 0 Å². The van der Waals surface area contributed by atoms with E-state index in [2.05, 4.69) is 26.3 Å². The Kier molecular flexibility index (Phi) is 3.25. The average Bonchev–Trinajstić information content (AvgIpc) is 3.33. The van der Waals surface area contributed by atoms with E-state index < -0.39 is 17.4 Å². The monoisotopic (exact) mass is 316 g/mol. The second-order valence-electron chi connectivity index (χ2n) is 6.86. The van der Waals surface area contributed by atoms with Crippen LogP contribution < -0.4 is 10.2 Å². The number of rotatable bonds is 3. The molecule has 1 saturated carbocycles. The van der Waals surface area contributed by atoms with E-state index in [4.69, 9.17) is 0 Å². The van der Waals surface area contributed by atoms with E-state index in [9.17, 15) is 14.7 Å². The number of carboxylic acids is 1. The molecule has 0 unspecified atom stereocenters. The van der Waals surface area contributed by atoms with Crippen molar-refractivity contribution in [3.05, 3.63) is 18.1 Å². The van der Waals surface area contributed by atoms with Gasteiger partial charge >= 0.3 is 5.97 Å². The number of carboxylic acid groups (broad SMARTS) is 1. The van der Waals surface area contributed by atoms with Crippen molar-refractivity contribution in [2.24, 2.45) is 5.92 Å². The lowest BCUT2D eigenvalue weighted by atomic mass is 9.78. The Hall–Kier alpha value is -2.18. The van der Waals surface area contributed by atoms with Gasteiger partial charge in [-0.1, -0.05) is 0 Å². The van der Waals surface area contributed by atoms with Crippen molar-refractivity contribution in [3.63, 3.8) is 0 Å². The minimum atomic E-state index is -0.880. The summed E-state index contributed by atoms with van der Waals surface area (Å²) in [5.74, 6) is -0.158. The number of nitrogens with one attached hydrogen (secondary N) is 1. The van der Waals surface area contributed by atoms with E-state index >= 15 is 0 Å². The zero-order valence-electron chi connectivity index (χ0n) is 12.9. The summed E-state index contributed by atoms with van der Waals surface area (Å²) in [5.41, 5.74) is 0.513. The quantitative estimate of drug-likeness (QED) is 0.861. The highest BCUT2D eigenvalue weighted by atomic mass is 16.4. The van der Waals surface area contributed by atoms with Crippen LogP contribution in [0.4, 0.5) is 5.82 Å². The Morgan fingerprint density at radius 1 is 1.30 bits per heavy atom. The smallest absolute Gasteiger partial charge is 0.309 e. The lowest BCUT2D eigenvalue weighted by molar-refractivity contribution is -0.144. The molecule has 7 heteroatoms. The highest BCUT2D eigenvalue weighted by Gasteiger charge is 2.51. The van der Waals surface area contributed by atoms with Gasteiger partial charge in [-0.15, -0.1) is 0 Å². The van der Waals surface area contributed by atoms with Gasteiger partial charge in [-0.05, 0) is 25.7 Å². The van der Waals surface area contributed by atoms with Crippen LogP contribution in [-0.2, 0) is 9.59 Å². The van der Waals surface area contributed by atoms with Gasteiger partial charge in [0.15, 0.2) is 0 Å². The molecule has 1 amide bonds. The molecule has 7 nitrogen and oxygen atoms in total. The van der Waals surface area contributed by atoms with Gasteiger partial charge in [0.05, 0.1) is 11.5 Å². The summed E-state index contributed by atoms with van der Waals surface area (Å²) >= 11 is 0. The van der Waals surface area contributed by atoms with Gasteiger partial charge in [-0.2, -0.15) is 0 Å². The summed E-state index contributed by atoms with van der Waals surface area (Å²) in [6.07, 6.45) is 5.38. The van der Waals surface area contributed by atoms with E-state index in [1.807, 2.05) is 0 Å². The number of hydrogen-bond donors (Lipinski definition) is 2. The van der Waals surface area contributed by atoms with Crippen LogP contribution in [0.5, 0.6) is 0 Å². The molecule has 2 N–H and O–H groups in total. The fourth-order valence-electron chi connectivity index (χ4n) is 3.87. The van der Waals surface area contributed by atoms with Crippen molar-refractivity contribution in [2.75, 3.05) is 18.0 Å². The van der Waals surface area contributed by atoms with Crippen molar-refractivity contribution in [3.8, 4) is 0 Å². The molecule has 2 saturated heterocycles. The van der Waals surface area contributed by atoms with Gasteiger partial charge < -0.3 is 15.3 Å². The second kappa shape index (κ2) is 5.18. The Morgan fingerprint density at radius 3 is 2.70 bits per heavy atom. The van der Waals surface area contributed by atoms with Gasteiger partial charge in [0, 0.05) is 37.2 Å². The lowest BCUT2D eigenvalue weighted by Crippen LogP contribution is -2.55. The fraction of sp³-hybridized carbons (Fsp3) is 0.625. The average molecular weight is 316 g/mol. The third kappa shape index (κ3) is 2.54. The number of aromatic nitrogens is 2. The van der Waals surface area contributed by atoms with Crippen LogP contribution in [-0.4, -0.2) is 45.6 Å². The van der Waals surface area contributed by atoms with Crippen LogP contribution in [0, 0.1) is 5.92 Å². The van der Waals surface area contributed by atoms with Crippen LogP contribution in [0.2, 0.25) is 0 Å². The molecule has 3 fully saturated rings. The second-order valence-corrected chi connectivity index (χ2v) is 6.86. The molecule has 0 radical (unpaired) electrons. The molecule has 3 aliphatic rings. The molecule has 0 bridgehead atoms. The molecule has 4 rings (SSSR count). The molecule has 122 valence electrons. The zero-order chi connectivity index (χ0) is 16.0. The van der Waals surface area contributed by atoms with Gasteiger partial charge in [0.25, 0.3) is 0 Å². The summed E-state index contributed by atoms with van der Waals surface area (Å²) in [6.45, 7) is 1.40. The van der Waals surface area contributed by atoms with Crippen molar-refractivity contribution >= 4 is 17.7 Å². The molecule has 3 heterocycles. The summed E-state index contributed by atoms with van der Waals surface area (Å²) in [5, 5.41) is 12.3. The number of carbonyl (C=O) groups is 2. The van der Waals surface area contributed by atoms with Gasteiger partial charge in [-0.3, -0.25) is 9.59 Å². The summed E-state index contributed by atoms with van der Waals surface area (Å²) < 4.78 is 0. The van der Waals surface area contributed by atoms with Crippen LogP contribution in [0.25, 0.3) is 0 Å². The third-order valence-electron chi connectivity index (χ3n) is 5.39. The lowest BCUT2D eigenvalue weighted by Gasteiger charge is -2.41. The number of piperidine rings is 1. The maximum absolute atomic E-state index is 11.7. The Balaban J connectivity index is 1.49. The fourth-order valence-corrected chi connectivity index (χ4v) is 3.87. The summed E-state index contributed by atoms with van der Waals surface area (Å²) in [7, 11) is 0. The maximum Gasteiger partial charge on any atom is 0.309 e. The number of aliphatic carboxylic acids is 1. The first-order valence-electron chi connectivity index (χ1n) is 8.18. The van der Waals surface area contributed by atoms with Crippen molar-refractivity contribution in [2.45, 2.75) is 43.6 Å². The summed E-state index contributed by atoms with van der Waals surface area (Å²) in [4.78, 5) is 34.1. The van der Waals surface area contributed by atoms with E-state index in [1.54, 1.807) is 6.33 Å². The highest BCUT2D eigenvalue weighted by molar-refractivity contribution is 5.88. The Bertz CT molecular complexity index is 650. The SMILES string of the molecule is O=C1C[C@H](C(=O)O)C2(CCN(c3cc(C4CC4)ncn3)CC2)N1. The van der Waals surface area contributed by atoms with Crippen molar-refractivity contribution in [1.29, 1.82) is 0 Å². The van der Waals surface area contributed by atoms with Crippen LogP contribution in [0.15, 0.2) is 12.4 Å². The molecule has 1 atom stereocenters. The van der Waals surface area contributed by atoms with Gasteiger partial charge in [0.1, 0.15) is 12.1 Å². The van der Waals surface area contributed by atoms with Gasteiger partial charge in [0.2, 0.25) is 5.91 Å².